The van der Waals surface area contributed by atoms with Gasteiger partial charge in [0, 0.05) is 28.6 Å². The van der Waals surface area contributed by atoms with Crippen LogP contribution >= 0.6 is 0 Å². The van der Waals surface area contributed by atoms with Gasteiger partial charge in [0.2, 0.25) is 0 Å². The van der Waals surface area contributed by atoms with Gasteiger partial charge in [-0.25, -0.2) is 0 Å². The van der Waals surface area contributed by atoms with Crippen LogP contribution in [0.2, 0.25) is 0 Å². The molecule has 3 nitrogen and oxygen atoms in total. The highest BCUT2D eigenvalue weighted by molar-refractivity contribution is 6.04. The molecule has 0 aromatic heterocycles. The van der Waals surface area contributed by atoms with Gasteiger partial charge in [0.05, 0.1) is 17.4 Å². The zero-order valence-electron chi connectivity index (χ0n) is 36.7. The third-order valence-electron chi connectivity index (χ3n) is 14.5. The second-order valence-electron chi connectivity index (χ2n) is 18.1. The van der Waals surface area contributed by atoms with Crippen molar-refractivity contribution in [1.29, 1.82) is 0 Å². The lowest BCUT2D eigenvalue weighted by Crippen LogP contribution is -2.39. The number of nitrogens with one attached hydrogen (secondary N) is 1. The number of benzene rings is 9. The molecule has 314 valence electrons. The molecule has 4 aliphatic rings. The zero-order valence-corrected chi connectivity index (χ0v) is 36.7. The highest BCUT2D eigenvalue weighted by Crippen LogP contribution is 2.59. The Balaban J connectivity index is 0.925. The monoisotopic (exact) mass is 845 g/mol. The quantitative estimate of drug-likeness (QED) is 0.180. The summed E-state index contributed by atoms with van der Waals surface area (Å²) < 4.78 is 0. The number of rotatable bonds is 6. The normalized spacial score (nSPS) is 19.5. The first kappa shape index (κ1) is 38.5. The molecule has 4 unspecified atom stereocenters. The largest absolute Gasteiger partial charge is 0.366 e. The molecule has 0 radical (unpaired) electrons. The van der Waals surface area contributed by atoms with E-state index in [1.54, 1.807) is 0 Å². The van der Waals surface area contributed by atoms with Crippen molar-refractivity contribution in [3.8, 4) is 22.3 Å². The van der Waals surface area contributed by atoms with Crippen LogP contribution in [-0.4, -0.2) is 11.9 Å². The first-order valence-corrected chi connectivity index (χ1v) is 23.2. The van der Waals surface area contributed by atoms with E-state index in [0.717, 1.165) is 0 Å². The fourth-order valence-electron chi connectivity index (χ4n) is 11.5. The smallest absolute Gasteiger partial charge is 0.107 e. The van der Waals surface area contributed by atoms with E-state index in [1.807, 2.05) is 0 Å². The number of para-hydroxylation sites is 1. The van der Waals surface area contributed by atoms with E-state index in [1.165, 1.54) is 106 Å². The molecular weight excluding hydrogens is 799 g/mol. The number of fused-ring (bicyclic) bond motifs is 9. The summed E-state index contributed by atoms with van der Waals surface area (Å²) in [5.74, 6) is 0.367. The SMILES string of the molecule is CN1C(c2cccc3c(N4C5=CC(c6ccccc6)=C6C=CC=CC6C5c5c4ccc4ccccc54)cccc23)Nc2ccccc2C1c1ccc(-c2cccc(-c3ccccc3)c2)cc1. The van der Waals surface area contributed by atoms with E-state index in [2.05, 4.69) is 259 Å². The van der Waals surface area contributed by atoms with E-state index in [9.17, 15) is 0 Å². The van der Waals surface area contributed by atoms with Crippen molar-refractivity contribution < 1.29 is 0 Å². The fraction of sp³-hybridized carbons (Fsp3) is 0.0794. The van der Waals surface area contributed by atoms with Gasteiger partial charge < -0.3 is 10.2 Å². The standard InChI is InChI=1S/C63H47N3/c1-65-62(45-35-33-42(34-36-45)47-23-14-22-46(39-47)41-17-4-2-5-18-41)54-27-12-13-31-56(54)64-63(65)53-30-15-29-51-49(53)28-16-32-57(51)66-58-38-37-44-21-8-9-24-48(44)60(58)61-52-26-11-10-25-50(52)55(40-59(61)66)43-19-6-3-7-20-43/h2-40,52,61-64H,1H3. The summed E-state index contributed by atoms with van der Waals surface area (Å²) in [5, 5.41) is 9.10. The average Bonchev–Trinajstić information content (AvgIpc) is 3.73. The van der Waals surface area contributed by atoms with Gasteiger partial charge in [-0.3, -0.25) is 4.90 Å². The highest BCUT2D eigenvalue weighted by atomic mass is 15.3. The van der Waals surface area contributed by atoms with Gasteiger partial charge >= 0.3 is 0 Å². The predicted octanol–water partition coefficient (Wildman–Crippen LogP) is 15.8. The Hall–Kier alpha value is -7.98. The summed E-state index contributed by atoms with van der Waals surface area (Å²) in [4.78, 5) is 5.12. The van der Waals surface area contributed by atoms with Gasteiger partial charge in [0.1, 0.15) is 6.17 Å². The molecule has 0 saturated heterocycles. The molecule has 1 N–H and O–H groups in total. The van der Waals surface area contributed by atoms with E-state index >= 15 is 0 Å². The second kappa shape index (κ2) is 15.6. The lowest BCUT2D eigenvalue weighted by atomic mass is 9.71. The second-order valence-corrected chi connectivity index (χ2v) is 18.1. The molecule has 2 aliphatic heterocycles. The molecule has 9 aromatic rings. The van der Waals surface area contributed by atoms with Gasteiger partial charge in [-0.15, -0.1) is 0 Å². The number of hydrogen-bond donors (Lipinski definition) is 1. The number of allylic oxidation sites excluding steroid dienone is 8. The molecule has 2 aliphatic carbocycles. The Labute approximate surface area is 386 Å². The molecule has 0 bridgehead atoms. The highest BCUT2D eigenvalue weighted by Gasteiger charge is 2.44. The van der Waals surface area contributed by atoms with Crippen molar-refractivity contribution >= 4 is 44.2 Å². The maximum Gasteiger partial charge on any atom is 0.107 e. The number of hydrogen-bond acceptors (Lipinski definition) is 3. The minimum atomic E-state index is -0.0862. The average molecular weight is 846 g/mol. The molecule has 9 aromatic carbocycles. The summed E-state index contributed by atoms with van der Waals surface area (Å²) >= 11 is 0. The lowest BCUT2D eigenvalue weighted by molar-refractivity contribution is 0.210. The molecular formula is C63H47N3. The topological polar surface area (TPSA) is 18.5 Å². The van der Waals surface area contributed by atoms with E-state index in [0.29, 0.717) is 0 Å². The molecule has 4 atom stereocenters. The fourth-order valence-corrected chi connectivity index (χ4v) is 11.5. The van der Waals surface area contributed by atoms with Crippen LogP contribution in [0.1, 0.15) is 45.9 Å². The molecule has 66 heavy (non-hydrogen) atoms. The van der Waals surface area contributed by atoms with Gasteiger partial charge in [-0.1, -0.05) is 206 Å². The van der Waals surface area contributed by atoms with Crippen molar-refractivity contribution in [3.63, 3.8) is 0 Å². The summed E-state index contributed by atoms with van der Waals surface area (Å²) in [5.41, 5.74) is 19.0. The van der Waals surface area contributed by atoms with Crippen molar-refractivity contribution in [2.24, 2.45) is 5.92 Å². The summed E-state index contributed by atoms with van der Waals surface area (Å²) in [7, 11) is 2.28. The van der Waals surface area contributed by atoms with Gasteiger partial charge in [-0.05, 0) is 115 Å². The van der Waals surface area contributed by atoms with Crippen LogP contribution in [-0.2, 0) is 0 Å². The molecule has 3 heteroatoms. The molecule has 0 spiro atoms. The first-order valence-electron chi connectivity index (χ1n) is 23.2. The van der Waals surface area contributed by atoms with Crippen LogP contribution in [0.5, 0.6) is 0 Å². The molecule has 0 fully saturated rings. The molecule has 2 heterocycles. The third-order valence-corrected chi connectivity index (χ3v) is 14.5. The number of anilines is 3. The Morgan fingerprint density at radius 1 is 0.485 bits per heavy atom. The van der Waals surface area contributed by atoms with Crippen LogP contribution in [0.3, 0.4) is 0 Å². The minimum absolute atomic E-state index is 0.0393. The lowest BCUT2D eigenvalue weighted by Gasteiger charge is -2.43. The Morgan fingerprint density at radius 3 is 1.97 bits per heavy atom. The Bertz CT molecular complexity index is 3490. The Morgan fingerprint density at radius 2 is 1.14 bits per heavy atom. The van der Waals surface area contributed by atoms with Gasteiger partial charge in [0.25, 0.3) is 0 Å². The van der Waals surface area contributed by atoms with Crippen LogP contribution in [0, 0.1) is 5.92 Å². The predicted molar refractivity (Wildman–Crippen MR) is 276 cm³/mol. The third kappa shape index (κ3) is 6.15. The maximum atomic E-state index is 4.02. The summed E-state index contributed by atoms with van der Waals surface area (Å²) in [6, 6.07) is 76.0. The minimum Gasteiger partial charge on any atom is -0.366 e. The van der Waals surface area contributed by atoms with Gasteiger partial charge in [-0.2, -0.15) is 0 Å². The number of nitrogens with zero attached hydrogens (tertiary/aromatic N) is 2. The van der Waals surface area contributed by atoms with Gasteiger partial charge in [0.15, 0.2) is 0 Å². The zero-order chi connectivity index (χ0) is 43.7. The van der Waals surface area contributed by atoms with E-state index in [4.69, 9.17) is 0 Å². The van der Waals surface area contributed by atoms with Crippen molar-refractivity contribution in [1.82, 2.24) is 4.90 Å². The Kier molecular flexibility index (Phi) is 9.11. The van der Waals surface area contributed by atoms with Crippen LogP contribution < -0.4 is 10.2 Å². The van der Waals surface area contributed by atoms with Crippen LogP contribution in [0.4, 0.5) is 17.1 Å². The van der Waals surface area contributed by atoms with Crippen molar-refractivity contribution in [2.75, 3.05) is 17.3 Å². The van der Waals surface area contributed by atoms with Crippen molar-refractivity contribution in [3.05, 3.63) is 276 Å². The van der Waals surface area contributed by atoms with E-state index < -0.39 is 0 Å². The van der Waals surface area contributed by atoms with Crippen molar-refractivity contribution in [2.45, 2.75) is 18.1 Å². The summed E-state index contributed by atoms with van der Waals surface area (Å²) in [6.45, 7) is 0. The maximum absolute atomic E-state index is 4.02. The molecule has 0 saturated carbocycles. The van der Waals surface area contributed by atoms with Crippen LogP contribution in [0.25, 0.3) is 49.4 Å². The molecule has 13 rings (SSSR count). The van der Waals surface area contributed by atoms with Crippen LogP contribution in [0.15, 0.2) is 248 Å². The summed E-state index contributed by atoms with van der Waals surface area (Å²) in [6.07, 6.45) is 11.6. The van der Waals surface area contributed by atoms with E-state index in [-0.39, 0.29) is 24.0 Å². The first-order chi connectivity index (χ1) is 32.7. The molecule has 0 amide bonds.